The van der Waals surface area contributed by atoms with Gasteiger partial charge in [-0.05, 0) is 73.0 Å². The Kier molecular flexibility index (Phi) is 5.85. The Labute approximate surface area is 165 Å². The highest BCUT2D eigenvalue weighted by molar-refractivity contribution is 5.77. The van der Waals surface area contributed by atoms with Gasteiger partial charge in [-0.25, -0.2) is 4.39 Å². The van der Waals surface area contributed by atoms with Crippen molar-refractivity contribution in [3.63, 3.8) is 0 Å². The maximum absolute atomic E-state index is 14.3. The SMILES string of the molecule is N#Cc1ccc(-c2cc(CC3CNCCCO3)ccc2C=C2CCC2)cc1F. The van der Waals surface area contributed by atoms with Crippen LogP contribution in [0.3, 0.4) is 0 Å². The predicted molar refractivity (Wildman–Crippen MR) is 109 cm³/mol. The van der Waals surface area contributed by atoms with Crippen LogP contribution in [0.2, 0.25) is 0 Å². The largest absolute Gasteiger partial charge is 0.377 e. The summed E-state index contributed by atoms with van der Waals surface area (Å²) in [6, 6.07) is 13.2. The second-order valence-electron chi connectivity index (χ2n) is 7.64. The first-order valence-electron chi connectivity index (χ1n) is 10.1. The highest BCUT2D eigenvalue weighted by atomic mass is 19.1. The molecular weight excluding hydrogens is 351 g/mol. The van der Waals surface area contributed by atoms with Crippen LogP contribution in [0.25, 0.3) is 17.2 Å². The van der Waals surface area contributed by atoms with Crippen LogP contribution in [0.1, 0.15) is 42.4 Å². The predicted octanol–water partition coefficient (Wildman–Crippen LogP) is 4.85. The van der Waals surface area contributed by atoms with Crippen LogP contribution in [0, 0.1) is 17.1 Å². The Morgan fingerprint density at radius 1 is 1.18 bits per heavy atom. The highest BCUT2D eigenvalue weighted by Crippen LogP contribution is 2.33. The molecule has 1 saturated heterocycles. The molecule has 28 heavy (non-hydrogen) atoms. The fourth-order valence-corrected chi connectivity index (χ4v) is 3.79. The van der Waals surface area contributed by atoms with Gasteiger partial charge in [-0.3, -0.25) is 0 Å². The van der Waals surface area contributed by atoms with Gasteiger partial charge in [-0.2, -0.15) is 5.26 Å². The lowest BCUT2D eigenvalue weighted by Crippen LogP contribution is -2.27. The minimum atomic E-state index is -0.469. The van der Waals surface area contributed by atoms with E-state index in [1.807, 2.05) is 12.1 Å². The van der Waals surface area contributed by atoms with Crippen molar-refractivity contribution < 1.29 is 9.13 Å². The van der Waals surface area contributed by atoms with E-state index in [9.17, 15) is 4.39 Å². The monoisotopic (exact) mass is 376 g/mol. The van der Waals surface area contributed by atoms with Crippen LogP contribution in [0.15, 0.2) is 42.0 Å². The molecule has 144 valence electrons. The number of rotatable bonds is 4. The minimum Gasteiger partial charge on any atom is -0.377 e. The lowest BCUT2D eigenvalue weighted by molar-refractivity contribution is 0.0675. The normalized spacial score (nSPS) is 19.4. The molecule has 1 aliphatic carbocycles. The van der Waals surface area contributed by atoms with E-state index in [0.29, 0.717) is 0 Å². The quantitative estimate of drug-likeness (QED) is 0.829. The van der Waals surface area contributed by atoms with E-state index in [1.165, 1.54) is 23.6 Å². The number of benzene rings is 2. The fourth-order valence-electron chi connectivity index (χ4n) is 3.79. The smallest absolute Gasteiger partial charge is 0.141 e. The molecule has 1 aliphatic heterocycles. The van der Waals surface area contributed by atoms with Gasteiger partial charge in [-0.15, -0.1) is 0 Å². The van der Waals surface area contributed by atoms with Crippen molar-refractivity contribution in [2.75, 3.05) is 19.7 Å². The van der Waals surface area contributed by atoms with E-state index in [0.717, 1.165) is 62.1 Å². The lowest BCUT2D eigenvalue weighted by atomic mass is 9.88. The highest BCUT2D eigenvalue weighted by Gasteiger charge is 2.16. The number of nitrogens with one attached hydrogen (secondary N) is 1. The molecule has 1 unspecified atom stereocenters. The molecule has 2 aromatic carbocycles. The Balaban J connectivity index is 1.68. The van der Waals surface area contributed by atoms with Crippen molar-refractivity contribution in [1.82, 2.24) is 5.32 Å². The summed E-state index contributed by atoms with van der Waals surface area (Å²) in [5.41, 5.74) is 5.65. The third-order valence-corrected chi connectivity index (χ3v) is 5.56. The van der Waals surface area contributed by atoms with Crippen LogP contribution >= 0.6 is 0 Å². The van der Waals surface area contributed by atoms with Gasteiger partial charge in [0.05, 0.1) is 11.7 Å². The molecule has 1 heterocycles. The van der Waals surface area contributed by atoms with Gasteiger partial charge in [0.15, 0.2) is 0 Å². The number of hydrogen-bond acceptors (Lipinski definition) is 3. The molecule has 2 aliphatic rings. The summed E-state index contributed by atoms with van der Waals surface area (Å²) in [6.45, 7) is 2.64. The molecule has 1 N–H and O–H groups in total. The van der Waals surface area contributed by atoms with Gasteiger partial charge in [0.1, 0.15) is 11.9 Å². The van der Waals surface area contributed by atoms with E-state index >= 15 is 0 Å². The molecule has 2 fully saturated rings. The van der Waals surface area contributed by atoms with Crippen LogP contribution in [0.5, 0.6) is 0 Å². The number of hydrogen-bond donors (Lipinski definition) is 1. The van der Waals surface area contributed by atoms with Gasteiger partial charge in [-0.1, -0.05) is 35.9 Å². The van der Waals surface area contributed by atoms with Gasteiger partial charge < -0.3 is 10.1 Å². The number of ether oxygens (including phenoxy) is 1. The summed E-state index contributed by atoms with van der Waals surface area (Å²) < 4.78 is 20.2. The topological polar surface area (TPSA) is 45.0 Å². The molecule has 0 spiro atoms. The first-order chi connectivity index (χ1) is 13.7. The van der Waals surface area contributed by atoms with Gasteiger partial charge in [0.25, 0.3) is 0 Å². The van der Waals surface area contributed by atoms with Crippen molar-refractivity contribution in [2.24, 2.45) is 0 Å². The molecule has 1 atom stereocenters. The van der Waals surface area contributed by atoms with Crippen molar-refractivity contribution in [2.45, 2.75) is 38.2 Å². The maximum atomic E-state index is 14.3. The second-order valence-corrected chi connectivity index (χ2v) is 7.64. The molecule has 2 aromatic rings. The van der Waals surface area contributed by atoms with E-state index in [1.54, 1.807) is 6.07 Å². The van der Waals surface area contributed by atoms with Crippen molar-refractivity contribution in [3.8, 4) is 17.2 Å². The Hall–Kier alpha value is -2.48. The summed E-state index contributed by atoms with van der Waals surface area (Å²) in [4.78, 5) is 0. The third-order valence-electron chi connectivity index (χ3n) is 5.56. The first-order valence-corrected chi connectivity index (χ1v) is 10.1. The minimum absolute atomic E-state index is 0.0803. The van der Waals surface area contributed by atoms with Crippen LogP contribution in [-0.2, 0) is 11.2 Å². The van der Waals surface area contributed by atoms with Crippen molar-refractivity contribution in [3.05, 3.63) is 64.5 Å². The van der Waals surface area contributed by atoms with Gasteiger partial charge >= 0.3 is 0 Å². The zero-order chi connectivity index (χ0) is 19.3. The van der Waals surface area contributed by atoms with E-state index < -0.39 is 5.82 Å². The van der Waals surface area contributed by atoms with E-state index in [4.69, 9.17) is 10.00 Å². The standard InChI is InChI=1S/C24H25FN2O/c25-24-14-20(7-8-21(24)15-26)23-13-18(12-22-16-27-9-2-10-28-22)5-6-19(23)11-17-3-1-4-17/h5-8,11,13-14,22,27H,1-4,9-10,12,16H2. The summed E-state index contributed by atoms with van der Waals surface area (Å²) in [5, 5.41) is 12.4. The van der Waals surface area contributed by atoms with Crippen LogP contribution in [0.4, 0.5) is 4.39 Å². The molecule has 3 nitrogen and oxygen atoms in total. The molecule has 4 rings (SSSR count). The molecular formula is C24H25FN2O. The zero-order valence-corrected chi connectivity index (χ0v) is 16.0. The third kappa shape index (κ3) is 4.32. The zero-order valence-electron chi connectivity index (χ0n) is 16.0. The number of halogens is 1. The molecule has 0 amide bonds. The average molecular weight is 376 g/mol. The summed E-state index contributed by atoms with van der Waals surface area (Å²) in [5.74, 6) is -0.469. The van der Waals surface area contributed by atoms with Gasteiger partial charge in [0, 0.05) is 13.2 Å². The summed E-state index contributed by atoms with van der Waals surface area (Å²) >= 11 is 0. The van der Waals surface area contributed by atoms with Gasteiger partial charge in [0.2, 0.25) is 0 Å². The lowest BCUT2D eigenvalue weighted by Gasteiger charge is -2.19. The van der Waals surface area contributed by atoms with Crippen molar-refractivity contribution >= 4 is 6.08 Å². The number of allylic oxidation sites excluding steroid dienone is 1. The Morgan fingerprint density at radius 3 is 2.82 bits per heavy atom. The maximum Gasteiger partial charge on any atom is 0.141 e. The van der Waals surface area contributed by atoms with E-state index in [-0.39, 0.29) is 11.7 Å². The molecule has 0 aromatic heterocycles. The molecule has 4 heteroatoms. The second kappa shape index (κ2) is 8.68. The van der Waals surface area contributed by atoms with Crippen molar-refractivity contribution in [1.29, 1.82) is 5.26 Å². The Bertz CT molecular complexity index is 915. The first kappa shape index (κ1) is 18.9. The molecule has 0 bridgehead atoms. The number of nitrogens with zero attached hydrogens (tertiary/aromatic N) is 1. The average Bonchev–Trinajstić information content (AvgIpc) is 2.94. The number of nitriles is 1. The molecule has 1 saturated carbocycles. The fraction of sp³-hybridized carbons (Fsp3) is 0.375. The summed E-state index contributed by atoms with van der Waals surface area (Å²) in [7, 11) is 0. The molecule has 0 radical (unpaired) electrons. The van der Waals surface area contributed by atoms with E-state index in [2.05, 4.69) is 29.6 Å². The summed E-state index contributed by atoms with van der Waals surface area (Å²) in [6.07, 6.45) is 7.80. The van der Waals surface area contributed by atoms with Crippen LogP contribution in [-0.4, -0.2) is 25.8 Å². The Morgan fingerprint density at radius 2 is 2.07 bits per heavy atom. The van der Waals surface area contributed by atoms with Crippen LogP contribution < -0.4 is 5.32 Å².